The van der Waals surface area contributed by atoms with Gasteiger partial charge in [-0.1, -0.05) is 11.3 Å². The third kappa shape index (κ3) is 3.05. The number of hydrogen-bond acceptors (Lipinski definition) is 5. The summed E-state index contributed by atoms with van der Waals surface area (Å²) in [6, 6.07) is 0. The van der Waals surface area contributed by atoms with E-state index in [0.29, 0.717) is 29.5 Å². The van der Waals surface area contributed by atoms with E-state index < -0.39 is 5.91 Å². The monoisotopic (exact) mass is 269 g/mol. The molecule has 1 fully saturated rings. The van der Waals surface area contributed by atoms with Crippen LogP contribution in [0.4, 0.5) is 5.13 Å². The van der Waals surface area contributed by atoms with Crippen molar-refractivity contribution in [1.29, 1.82) is 0 Å². The highest BCUT2D eigenvalue weighted by Crippen LogP contribution is 2.23. The summed E-state index contributed by atoms with van der Waals surface area (Å²) >= 11 is 1.09. The molecule has 98 valence electrons. The maximum atomic E-state index is 12.0. The molecule has 0 spiro atoms. The Bertz CT molecular complexity index is 460. The van der Waals surface area contributed by atoms with Gasteiger partial charge in [0.25, 0.3) is 5.91 Å². The van der Waals surface area contributed by atoms with Gasteiger partial charge in [0, 0.05) is 12.5 Å². The van der Waals surface area contributed by atoms with Crippen LogP contribution in [0.3, 0.4) is 0 Å². The number of carbonyl (C=O) groups excluding carboxylic acids is 2. The van der Waals surface area contributed by atoms with Crippen LogP contribution in [-0.2, 0) is 9.53 Å². The van der Waals surface area contributed by atoms with Crippen LogP contribution in [0.25, 0.3) is 0 Å². The molecule has 1 aliphatic rings. The molecule has 1 aliphatic heterocycles. The molecule has 6 nitrogen and oxygen atoms in total. The summed E-state index contributed by atoms with van der Waals surface area (Å²) in [6.45, 7) is 2.55. The van der Waals surface area contributed by atoms with Crippen molar-refractivity contribution in [3.8, 4) is 0 Å². The molecule has 1 aromatic heterocycles. The summed E-state index contributed by atoms with van der Waals surface area (Å²) < 4.78 is 5.39. The Morgan fingerprint density at radius 1 is 1.61 bits per heavy atom. The van der Waals surface area contributed by atoms with Crippen LogP contribution in [-0.4, -0.2) is 29.5 Å². The molecule has 0 aliphatic carbocycles. The van der Waals surface area contributed by atoms with Gasteiger partial charge in [-0.3, -0.25) is 9.59 Å². The number of aromatic nitrogens is 1. The molecule has 2 heterocycles. The zero-order valence-corrected chi connectivity index (χ0v) is 10.8. The van der Waals surface area contributed by atoms with Crippen molar-refractivity contribution in [3.63, 3.8) is 0 Å². The molecule has 2 rings (SSSR count). The predicted molar refractivity (Wildman–Crippen MR) is 67.4 cm³/mol. The average molecular weight is 269 g/mol. The van der Waals surface area contributed by atoms with E-state index in [4.69, 9.17) is 10.5 Å². The molecular weight excluding hydrogens is 254 g/mol. The maximum Gasteiger partial charge on any atom is 0.260 e. The summed E-state index contributed by atoms with van der Waals surface area (Å²) in [5.74, 6) is -0.669. The molecule has 2 amide bonds. The van der Waals surface area contributed by atoms with Crippen LogP contribution in [0, 0.1) is 5.92 Å². The molecule has 3 N–H and O–H groups in total. The van der Waals surface area contributed by atoms with Gasteiger partial charge in [0.15, 0.2) is 5.13 Å². The first-order valence-electron chi connectivity index (χ1n) is 5.74. The highest BCUT2D eigenvalue weighted by molar-refractivity contribution is 7.17. The van der Waals surface area contributed by atoms with Crippen molar-refractivity contribution in [3.05, 3.63) is 11.1 Å². The van der Waals surface area contributed by atoms with Crippen molar-refractivity contribution in [2.24, 2.45) is 11.7 Å². The standard InChI is InChI=1S/C11H15N3O3S/c1-6-4-7(2-3-17-6)10(16)14-11-13-5-8(18-11)9(12)15/h5-7H,2-4H2,1H3,(H2,12,15)(H,13,14,16)/t6-,7+/m1/s1. The lowest BCUT2D eigenvalue weighted by atomic mass is 9.95. The van der Waals surface area contributed by atoms with Crippen LogP contribution < -0.4 is 11.1 Å². The topological polar surface area (TPSA) is 94.3 Å². The van der Waals surface area contributed by atoms with E-state index in [0.717, 1.165) is 11.3 Å². The van der Waals surface area contributed by atoms with Gasteiger partial charge in [-0.15, -0.1) is 0 Å². The van der Waals surface area contributed by atoms with E-state index in [9.17, 15) is 9.59 Å². The van der Waals surface area contributed by atoms with E-state index in [2.05, 4.69) is 10.3 Å². The summed E-state index contributed by atoms with van der Waals surface area (Å²) in [7, 11) is 0. The zero-order valence-electron chi connectivity index (χ0n) is 10.0. The Kier molecular flexibility index (Phi) is 3.93. The number of thiazole rings is 1. The van der Waals surface area contributed by atoms with Gasteiger partial charge in [0.05, 0.1) is 12.3 Å². The Morgan fingerprint density at radius 2 is 2.39 bits per heavy atom. The maximum absolute atomic E-state index is 12.0. The second-order valence-electron chi connectivity index (χ2n) is 4.29. The van der Waals surface area contributed by atoms with Crippen LogP contribution in [0.5, 0.6) is 0 Å². The Morgan fingerprint density at radius 3 is 3.00 bits per heavy atom. The van der Waals surface area contributed by atoms with Gasteiger partial charge in [-0.2, -0.15) is 0 Å². The van der Waals surface area contributed by atoms with Crippen molar-refractivity contribution < 1.29 is 14.3 Å². The number of hydrogen-bond donors (Lipinski definition) is 2. The van der Waals surface area contributed by atoms with Crippen LogP contribution in [0.1, 0.15) is 29.4 Å². The second-order valence-corrected chi connectivity index (χ2v) is 5.32. The normalized spacial score (nSPS) is 23.6. The van der Waals surface area contributed by atoms with Crippen molar-refractivity contribution in [2.75, 3.05) is 11.9 Å². The Hall–Kier alpha value is -1.47. The molecule has 0 bridgehead atoms. The first-order chi connectivity index (χ1) is 8.56. The fourth-order valence-corrected chi connectivity index (χ4v) is 2.56. The lowest BCUT2D eigenvalue weighted by molar-refractivity contribution is -0.124. The van der Waals surface area contributed by atoms with E-state index in [1.165, 1.54) is 6.20 Å². The summed E-state index contributed by atoms with van der Waals surface area (Å²) in [6.07, 6.45) is 2.89. The Balaban J connectivity index is 1.95. The van der Waals surface area contributed by atoms with E-state index >= 15 is 0 Å². The van der Waals surface area contributed by atoms with Gasteiger partial charge in [-0.05, 0) is 19.8 Å². The average Bonchev–Trinajstić information content (AvgIpc) is 2.77. The number of primary amides is 1. The van der Waals surface area contributed by atoms with Gasteiger partial charge in [0.2, 0.25) is 5.91 Å². The molecule has 1 saturated heterocycles. The highest BCUT2D eigenvalue weighted by atomic mass is 32.1. The third-order valence-corrected chi connectivity index (χ3v) is 3.76. The van der Waals surface area contributed by atoms with E-state index in [1.807, 2.05) is 6.92 Å². The molecule has 2 atom stereocenters. The third-order valence-electron chi connectivity index (χ3n) is 2.83. The zero-order chi connectivity index (χ0) is 13.1. The van der Waals surface area contributed by atoms with Crippen molar-refractivity contribution >= 4 is 28.3 Å². The molecule has 1 aromatic rings. The van der Waals surface area contributed by atoms with E-state index in [-0.39, 0.29) is 17.9 Å². The lowest BCUT2D eigenvalue weighted by Crippen LogP contribution is -2.32. The number of anilines is 1. The molecule has 0 radical (unpaired) electrons. The predicted octanol–water partition coefficient (Wildman–Crippen LogP) is 0.996. The highest BCUT2D eigenvalue weighted by Gasteiger charge is 2.26. The molecule has 0 saturated carbocycles. The molecule has 0 unspecified atom stereocenters. The SMILES string of the molecule is C[C@@H]1C[C@@H](C(=O)Nc2ncc(C(N)=O)s2)CCO1. The van der Waals surface area contributed by atoms with Crippen molar-refractivity contribution in [2.45, 2.75) is 25.9 Å². The minimum Gasteiger partial charge on any atom is -0.378 e. The summed E-state index contributed by atoms with van der Waals surface area (Å²) in [4.78, 5) is 27.2. The fraction of sp³-hybridized carbons (Fsp3) is 0.545. The van der Waals surface area contributed by atoms with Gasteiger partial charge in [-0.25, -0.2) is 4.98 Å². The molecular formula is C11H15N3O3S. The minimum atomic E-state index is -0.535. The summed E-state index contributed by atoms with van der Waals surface area (Å²) in [5.41, 5.74) is 5.12. The van der Waals surface area contributed by atoms with Gasteiger partial charge >= 0.3 is 0 Å². The number of nitrogens with zero attached hydrogens (tertiary/aromatic N) is 1. The Labute approximate surface area is 109 Å². The number of nitrogens with two attached hydrogens (primary N) is 1. The number of rotatable bonds is 3. The van der Waals surface area contributed by atoms with Gasteiger partial charge in [0.1, 0.15) is 4.88 Å². The number of nitrogens with one attached hydrogen (secondary N) is 1. The number of amides is 2. The first kappa shape index (κ1) is 13.0. The quantitative estimate of drug-likeness (QED) is 0.855. The lowest BCUT2D eigenvalue weighted by Gasteiger charge is -2.25. The largest absolute Gasteiger partial charge is 0.378 e. The smallest absolute Gasteiger partial charge is 0.260 e. The number of carbonyl (C=O) groups is 2. The molecule has 7 heteroatoms. The van der Waals surface area contributed by atoms with Crippen LogP contribution in [0.2, 0.25) is 0 Å². The van der Waals surface area contributed by atoms with Crippen molar-refractivity contribution in [1.82, 2.24) is 4.98 Å². The molecule has 18 heavy (non-hydrogen) atoms. The number of ether oxygens (including phenoxy) is 1. The summed E-state index contributed by atoms with van der Waals surface area (Å²) in [5, 5.41) is 3.12. The molecule has 0 aromatic carbocycles. The van der Waals surface area contributed by atoms with Crippen LogP contribution in [0.15, 0.2) is 6.20 Å². The second kappa shape index (κ2) is 5.45. The minimum absolute atomic E-state index is 0.0605. The van der Waals surface area contributed by atoms with Crippen LogP contribution >= 0.6 is 11.3 Å². The first-order valence-corrected chi connectivity index (χ1v) is 6.56. The fourth-order valence-electron chi connectivity index (χ4n) is 1.89. The van der Waals surface area contributed by atoms with Gasteiger partial charge < -0.3 is 15.8 Å². The van der Waals surface area contributed by atoms with E-state index in [1.54, 1.807) is 0 Å².